The molecule has 0 unspecified atom stereocenters. The largest absolute Gasteiger partial charge is 0.506 e. The molecule has 2 aromatic carbocycles. The summed E-state index contributed by atoms with van der Waals surface area (Å²) in [6, 6.07) is 10.3. The summed E-state index contributed by atoms with van der Waals surface area (Å²) in [5.41, 5.74) is 2.34. The number of carbonyl (C=O) groups is 2. The Labute approximate surface area is 245 Å². The molecule has 2 N–H and O–H groups in total. The summed E-state index contributed by atoms with van der Waals surface area (Å²) in [5, 5.41) is 13.3. The van der Waals surface area contributed by atoms with Gasteiger partial charge in [-0.2, -0.15) is 0 Å². The number of benzene rings is 2. The minimum absolute atomic E-state index is 0.0873. The zero-order chi connectivity index (χ0) is 28.8. The third-order valence-corrected chi connectivity index (χ3v) is 9.77. The van der Waals surface area contributed by atoms with Crippen molar-refractivity contribution in [2.24, 2.45) is 17.8 Å². The SMILES string of the molecule is CCCCCCCCCCOc1ccc(C(=O)Nc2ccc(C(=O)OC)cc2O)cc1C12CC3CC(CC(C3)C1)C2. The van der Waals surface area contributed by atoms with Gasteiger partial charge in [-0.1, -0.05) is 51.9 Å². The van der Waals surface area contributed by atoms with Crippen LogP contribution in [0.1, 0.15) is 123 Å². The number of phenols is 1. The van der Waals surface area contributed by atoms with E-state index >= 15 is 0 Å². The second-order valence-electron chi connectivity index (χ2n) is 12.9. The van der Waals surface area contributed by atoms with Gasteiger partial charge in [-0.15, -0.1) is 0 Å². The van der Waals surface area contributed by atoms with Crippen LogP contribution in [-0.4, -0.2) is 30.7 Å². The maximum Gasteiger partial charge on any atom is 0.337 e. The number of rotatable bonds is 14. The number of carbonyl (C=O) groups excluding carboxylic acids is 2. The van der Waals surface area contributed by atoms with Crippen LogP contribution >= 0.6 is 0 Å². The lowest BCUT2D eigenvalue weighted by Gasteiger charge is -2.57. The maximum absolute atomic E-state index is 13.4. The first-order valence-electron chi connectivity index (χ1n) is 15.9. The molecule has 6 heteroatoms. The Morgan fingerprint density at radius 3 is 2.07 bits per heavy atom. The van der Waals surface area contributed by atoms with Crippen LogP contribution in [0.3, 0.4) is 0 Å². The number of amides is 1. The molecule has 4 saturated carbocycles. The Hall–Kier alpha value is -3.02. The molecule has 0 atom stereocenters. The van der Waals surface area contributed by atoms with Crippen molar-refractivity contribution in [1.29, 1.82) is 0 Å². The highest BCUT2D eigenvalue weighted by Crippen LogP contribution is 2.62. The molecule has 0 radical (unpaired) electrons. The van der Waals surface area contributed by atoms with E-state index in [1.54, 1.807) is 0 Å². The van der Waals surface area contributed by atoms with Gasteiger partial charge in [-0.05, 0) is 105 Å². The van der Waals surface area contributed by atoms with Crippen molar-refractivity contribution in [1.82, 2.24) is 0 Å². The van der Waals surface area contributed by atoms with Crippen LogP contribution in [0.5, 0.6) is 11.5 Å². The summed E-state index contributed by atoms with van der Waals surface area (Å²) < 4.78 is 11.2. The van der Waals surface area contributed by atoms with Crippen LogP contribution in [0.25, 0.3) is 0 Å². The van der Waals surface area contributed by atoms with Crippen LogP contribution in [0.2, 0.25) is 0 Å². The maximum atomic E-state index is 13.4. The molecule has 0 aromatic heterocycles. The molecule has 0 saturated heterocycles. The summed E-state index contributed by atoms with van der Waals surface area (Å²) >= 11 is 0. The molecule has 41 heavy (non-hydrogen) atoms. The lowest BCUT2D eigenvalue weighted by molar-refractivity contribution is -0.00641. The Bertz CT molecular complexity index is 1190. The number of unbranched alkanes of at least 4 members (excludes halogenated alkanes) is 7. The third-order valence-electron chi connectivity index (χ3n) is 9.77. The minimum atomic E-state index is -0.541. The number of phenolic OH excluding ortho intramolecular Hbond substituents is 1. The molecule has 0 spiro atoms. The monoisotopic (exact) mass is 561 g/mol. The van der Waals surface area contributed by atoms with Crippen molar-refractivity contribution in [3.63, 3.8) is 0 Å². The number of aromatic hydroxyl groups is 1. The van der Waals surface area contributed by atoms with Gasteiger partial charge in [0.05, 0.1) is 25.0 Å². The number of anilines is 1. The second kappa shape index (κ2) is 13.3. The van der Waals surface area contributed by atoms with Gasteiger partial charge >= 0.3 is 5.97 Å². The van der Waals surface area contributed by atoms with Gasteiger partial charge in [0.1, 0.15) is 11.5 Å². The Kier molecular flexibility index (Phi) is 9.57. The van der Waals surface area contributed by atoms with E-state index in [1.165, 1.54) is 114 Å². The van der Waals surface area contributed by atoms with E-state index in [-0.39, 0.29) is 28.3 Å². The summed E-state index contributed by atoms with van der Waals surface area (Å²) in [4.78, 5) is 25.2. The van der Waals surface area contributed by atoms with Crippen molar-refractivity contribution in [2.45, 2.75) is 102 Å². The number of hydrogen-bond acceptors (Lipinski definition) is 5. The van der Waals surface area contributed by atoms with Gasteiger partial charge in [0, 0.05) is 11.1 Å². The first-order chi connectivity index (χ1) is 19.9. The predicted octanol–water partition coefficient (Wildman–Crippen LogP) is 8.42. The van der Waals surface area contributed by atoms with Gasteiger partial charge in [-0.25, -0.2) is 4.79 Å². The Morgan fingerprint density at radius 1 is 0.854 bits per heavy atom. The molecule has 4 fully saturated rings. The Balaban J connectivity index is 1.30. The molecule has 1 amide bonds. The van der Waals surface area contributed by atoms with E-state index in [9.17, 15) is 14.7 Å². The molecule has 4 aliphatic carbocycles. The first kappa shape index (κ1) is 29.5. The van der Waals surface area contributed by atoms with E-state index in [1.807, 2.05) is 12.1 Å². The number of hydrogen-bond donors (Lipinski definition) is 2. The fraction of sp³-hybridized carbons (Fsp3) is 0.600. The number of esters is 1. The summed E-state index contributed by atoms with van der Waals surface area (Å²) in [5.74, 6) is 2.29. The highest BCUT2D eigenvalue weighted by atomic mass is 16.5. The van der Waals surface area contributed by atoms with Crippen LogP contribution in [-0.2, 0) is 10.2 Å². The fourth-order valence-corrected chi connectivity index (χ4v) is 8.15. The molecule has 6 nitrogen and oxygen atoms in total. The fourth-order valence-electron chi connectivity index (χ4n) is 8.15. The van der Waals surface area contributed by atoms with Crippen molar-refractivity contribution in [3.05, 3.63) is 53.1 Å². The first-order valence-corrected chi connectivity index (χ1v) is 15.9. The number of ether oxygens (including phenoxy) is 2. The summed E-state index contributed by atoms with van der Waals surface area (Å²) in [6.07, 6.45) is 17.8. The zero-order valence-electron chi connectivity index (χ0n) is 24.9. The van der Waals surface area contributed by atoms with Crippen molar-refractivity contribution in [3.8, 4) is 11.5 Å². The van der Waals surface area contributed by atoms with Gasteiger partial charge in [0.25, 0.3) is 5.91 Å². The predicted molar refractivity (Wildman–Crippen MR) is 162 cm³/mol. The molecule has 4 aliphatic rings. The van der Waals surface area contributed by atoms with Crippen LogP contribution in [0.4, 0.5) is 5.69 Å². The minimum Gasteiger partial charge on any atom is -0.506 e. The van der Waals surface area contributed by atoms with Crippen LogP contribution in [0, 0.1) is 17.8 Å². The molecular weight excluding hydrogens is 514 g/mol. The van der Waals surface area contributed by atoms with E-state index < -0.39 is 5.97 Å². The van der Waals surface area contributed by atoms with Gasteiger partial charge in [0.2, 0.25) is 0 Å². The highest BCUT2D eigenvalue weighted by Gasteiger charge is 2.52. The number of methoxy groups -OCH3 is 1. The van der Waals surface area contributed by atoms with Gasteiger partial charge < -0.3 is 19.9 Å². The molecular formula is C35H47NO5. The Morgan fingerprint density at radius 2 is 1.46 bits per heavy atom. The topological polar surface area (TPSA) is 84.9 Å². The van der Waals surface area contributed by atoms with Crippen molar-refractivity contribution in [2.75, 3.05) is 19.0 Å². The molecule has 0 heterocycles. The van der Waals surface area contributed by atoms with Crippen molar-refractivity contribution >= 4 is 17.6 Å². The van der Waals surface area contributed by atoms with Gasteiger partial charge in [-0.3, -0.25) is 4.79 Å². The third kappa shape index (κ3) is 6.90. The van der Waals surface area contributed by atoms with E-state index in [4.69, 9.17) is 9.47 Å². The average molecular weight is 562 g/mol. The highest BCUT2D eigenvalue weighted by molar-refractivity contribution is 6.05. The van der Waals surface area contributed by atoms with E-state index in [2.05, 4.69) is 18.3 Å². The van der Waals surface area contributed by atoms with Crippen LogP contribution in [0.15, 0.2) is 36.4 Å². The summed E-state index contributed by atoms with van der Waals surface area (Å²) in [7, 11) is 1.29. The normalized spacial score (nSPS) is 24.3. The lowest BCUT2D eigenvalue weighted by Crippen LogP contribution is -2.48. The molecule has 222 valence electrons. The summed E-state index contributed by atoms with van der Waals surface area (Å²) in [6.45, 7) is 2.96. The molecule has 2 aromatic rings. The van der Waals surface area contributed by atoms with E-state index in [0.717, 1.165) is 29.9 Å². The van der Waals surface area contributed by atoms with Crippen LogP contribution < -0.4 is 10.1 Å². The molecule has 6 rings (SSSR count). The zero-order valence-corrected chi connectivity index (χ0v) is 24.9. The lowest BCUT2D eigenvalue weighted by atomic mass is 9.48. The standard InChI is InChI=1S/C35H47NO5/c1-3-4-5-6-7-8-9-10-15-41-32-14-12-27(33(38)36-30-13-11-28(20-31(30)37)34(39)40-2)19-29(32)35-21-24-16-25(22-35)18-26(17-24)23-35/h11-14,19-20,24-26,37H,3-10,15-18,21-23H2,1-2H3,(H,36,38). The molecule has 4 bridgehead atoms. The second-order valence-corrected chi connectivity index (χ2v) is 12.9. The number of nitrogens with one attached hydrogen (secondary N) is 1. The molecule has 0 aliphatic heterocycles. The quantitative estimate of drug-likeness (QED) is 0.137. The van der Waals surface area contributed by atoms with Gasteiger partial charge in [0.15, 0.2) is 0 Å². The van der Waals surface area contributed by atoms with Crippen molar-refractivity contribution < 1.29 is 24.2 Å². The van der Waals surface area contributed by atoms with E-state index in [0.29, 0.717) is 12.2 Å². The smallest absolute Gasteiger partial charge is 0.337 e. The average Bonchev–Trinajstić information content (AvgIpc) is 2.96.